The van der Waals surface area contributed by atoms with Gasteiger partial charge >= 0.3 is 5.97 Å². The Balaban J connectivity index is 2.43. The Morgan fingerprint density at radius 1 is 1.47 bits per heavy atom. The topological polar surface area (TPSA) is 51.5 Å². The molecule has 1 aliphatic rings. The van der Waals surface area contributed by atoms with Gasteiger partial charge in [0.25, 0.3) is 0 Å². The molecule has 0 saturated heterocycles. The van der Waals surface area contributed by atoms with Gasteiger partial charge in [0, 0.05) is 11.6 Å². The predicted octanol–water partition coefficient (Wildman–Crippen LogP) is 1.73. The molecule has 0 fully saturated rings. The standard InChI is InChI=1S/C11H9NO3/c13-11(14)8-6-12-4-5-15-9-3-1-2-7(8)10(9)12/h1-3,6H,4-5H2,(H,13,14). The van der Waals surface area contributed by atoms with Gasteiger partial charge in [-0.3, -0.25) is 0 Å². The van der Waals surface area contributed by atoms with Crippen LogP contribution >= 0.6 is 0 Å². The smallest absolute Gasteiger partial charge is 0.337 e. The first-order valence-corrected chi connectivity index (χ1v) is 4.75. The number of nitrogens with zero attached hydrogens (tertiary/aromatic N) is 1. The van der Waals surface area contributed by atoms with Crippen LogP contribution in [0.3, 0.4) is 0 Å². The van der Waals surface area contributed by atoms with Crippen LogP contribution in [0.15, 0.2) is 24.4 Å². The Kier molecular flexibility index (Phi) is 1.54. The first-order valence-electron chi connectivity index (χ1n) is 4.75. The fraction of sp³-hybridized carbons (Fsp3) is 0.182. The van der Waals surface area contributed by atoms with Crippen molar-refractivity contribution in [1.29, 1.82) is 0 Å². The van der Waals surface area contributed by atoms with Crippen LogP contribution in [0.5, 0.6) is 5.75 Å². The fourth-order valence-corrected chi connectivity index (χ4v) is 2.04. The van der Waals surface area contributed by atoms with Gasteiger partial charge in [-0.1, -0.05) is 12.1 Å². The summed E-state index contributed by atoms with van der Waals surface area (Å²) in [6.07, 6.45) is 1.68. The molecule has 1 aromatic heterocycles. The van der Waals surface area contributed by atoms with Crippen LogP contribution in [0.1, 0.15) is 10.4 Å². The van der Waals surface area contributed by atoms with Crippen molar-refractivity contribution in [3.8, 4) is 5.75 Å². The second kappa shape index (κ2) is 2.76. The number of benzene rings is 1. The molecule has 1 N–H and O–H groups in total. The summed E-state index contributed by atoms with van der Waals surface area (Å²) in [5, 5.41) is 9.80. The maximum atomic E-state index is 11.0. The van der Waals surface area contributed by atoms with Crippen molar-refractivity contribution in [1.82, 2.24) is 4.57 Å². The highest BCUT2D eigenvalue weighted by molar-refractivity contribution is 6.05. The Morgan fingerprint density at radius 3 is 3.13 bits per heavy atom. The van der Waals surface area contributed by atoms with Crippen molar-refractivity contribution < 1.29 is 14.6 Å². The number of ether oxygens (including phenoxy) is 1. The third-order valence-corrected chi connectivity index (χ3v) is 2.68. The Bertz CT molecular complexity index is 556. The third-order valence-electron chi connectivity index (χ3n) is 2.68. The zero-order valence-corrected chi connectivity index (χ0v) is 7.93. The van der Waals surface area contributed by atoms with Gasteiger partial charge in [0.05, 0.1) is 17.6 Å². The largest absolute Gasteiger partial charge is 0.490 e. The summed E-state index contributed by atoms with van der Waals surface area (Å²) in [5.41, 5.74) is 1.23. The predicted molar refractivity (Wildman–Crippen MR) is 54.4 cm³/mol. The Morgan fingerprint density at radius 2 is 2.33 bits per heavy atom. The second-order valence-corrected chi connectivity index (χ2v) is 3.54. The molecular weight excluding hydrogens is 194 g/mol. The molecule has 1 aliphatic heterocycles. The zero-order chi connectivity index (χ0) is 10.4. The number of hydrogen-bond donors (Lipinski definition) is 1. The molecule has 4 heteroatoms. The van der Waals surface area contributed by atoms with E-state index in [9.17, 15) is 4.79 Å². The summed E-state index contributed by atoms with van der Waals surface area (Å²) in [6.45, 7) is 1.31. The number of rotatable bonds is 1. The molecule has 0 spiro atoms. The lowest BCUT2D eigenvalue weighted by molar-refractivity contribution is 0.0698. The summed E-state index contributed by atoms with van der Waals surface area (Å²) in [5.74, 6) is -0.121. The third kappa shape index (κ3) is 1.05. The minimum absolute atomic E-state index is 0.345. The second-order valence-electron chi connectivity index (χ2n) is 3.54. The van der Waals surface area contributed by atoms with E-state index in [1.807, 2.05) is 22.8 Å². The van der Waals surface area contributed by atoms with Crippen LogP contribution in [0.25, 0.3) is 10.9 Å². The lowest BCUT2D eigenvalue weighted by Gasteiger charge is -2.16. The van der Waals surface area contributed by atoms with E-state index in [1.165, 1.54) is 0 Å². The average molecular weight is 203 g/mol. The van der Waals surface area contributed by atoms with Gasteiger partial charge in [-0.15, -0.1) is 0 Å². The van der Waals surface area contributed by atoms with Crippen molar-refractivity contribution in [2.45, 2.75) is 6.54 Å². The van der Waals surface area contributed by atoms with E-state index in [1.54, 1.807) is 6.20 Å². The summed E-state index contributed by atoms with van der Waals surface area (Å²) >= 11 is 0. The number of aromatic nitrogens is 1. The zero-order valence-electron chi connectivity index (χ0n) is 7.93. The van der Waals surface area contributed by atoms with E-state index in [0.29, 0.717) is 18.7 Å². The molecule has 0 bridgehead atoms. The van der Waals surface area contributed by atoms with Crippen molar-refractivity contribution in [2.75, 3.05) is 6.61 Å². The maximum absolute atomic E-state index is 11.0. The molecule has 2 heterocycles. The van der Waals surface area contributed by atoms with E-state index in [-0.39, 0.29) is 0 Å². The lowest BCUT2D eigenvalue weighted by Crippen LogP contribution is -2.12. The van der Waals surface area contributed by atoms with Crippen LogP contribution < -0.4 is 4.74 Å². The fourth-order valence-electron chi connectivity index (χ4n) is 2.04. The first-order chi connectivity index (χ1) is 7.27. The van der Waals surface area contributed by atoms with Crippen molar-refractivity contribution in [3.63, 3.8) is 0 Å². The van der Waals surface area contributed by atoms with Crippen molar-refractivity contribution in [2.24, 2.45) is 0 Å². The van der Waals surface area contributed by atoms with Gasteiger partial charge in [-0.05, 0) is 6.07 Å². The van der Waals surface area contributed by atoms with E-state index in [4.69, 9.17) is 9.84 Å². The summed E-state index contributed by atoms with van der Waals surface area (Å²) in [6, 6.07) is 5.50. The maximum Gasteiger partial charge on any atom is 0.337 e. The molecule has 0 radical (unpaired) electrons. The van der Waals surface area contributed by atoms with E-state index >= 15 is 0 Å². The molecule has 4 nitrogen and oxygen atoms in total. The minimum atomic E-state index is -0.891. The number of hydrogen-bond acceptors (Lipinski definition) is 2. The number of para-hydroxylation sites is 1. The van der Waals surface area contributed by atoms with Gasteiger partial charge in [-0.2, -0.15) is 0 Å². The van der Waals surface area contributed by atoms with Gasteiger partial charge in [0.2, 0.25) is 0 Å². The molecule has 0 atom stereocenters. The average Bonchev–Trinajstić information content (AvgIpc) is 2.61. The molecule has 15 heavy (non-hydrogen) atoms. The molecule has 0 unspecified atom stereocenters. The molecular formula is C11H9NO3. The number of carboxylic acid groups (broad SMARTS) is 1. The van der Waals surface area contributed by atoms with Crippen LogP contribution in [0.4, 0.5) is 0 Å². The molecule has 0 amide bonds. The summed E-state index contributed by atoms with van der Waals surface area (Å²) in [4.78, 5) is 11.0. The van der Waals surface area contributed by atoms with Crippen LogP contribution in [0, 0.1) is 0 Å². The van der Waals surface area contributed by atoms with Gasteiger partial charge in [0.1, 0.15) is 12.4 Å². The quantitative estimate of drug-likeness (QED) is 0.767. The highest BCUT2D eigenvalue weighted by Crippen LogP contribution is 2.32. The minimum Gasteiger partial charge on any atom is -0.490 e. The van der Waals surface area contributed by atoms with Crippen LogP contribution in [0.2, 0.25) is 0 Å². The summed E-state index contributed by atoms with van der Waals surface area (Å²) < 4.78 is 7.42. The van der Waals surface area contributed by atoms with Gasteiger partial charge in [0.15, 0.2) is 0 Å². The highest BCUT2D eigenvalue weighted by atomic mass is 16.5. The highest BCUT2D eigenvalue weighted by Gasteiger charge is 2.19. The lowest BCUT2D eigenvalue weighted by atomic mass is 10.1. The monoisotopic (exact) mass is 203 g/mol. The number of aromatic carboxylic acids is 1. The van der Waals surface area contributed by atoms with E-state index in [0.717, 1.165) is 16.7 Å². The summed E-state index contributed by atoms with van der Waals surface area (Å²) in [7, 11) is 0. The normalized spacial score (nSPS) is 13.9. The van der Waals surface area contributed by atoms with Crippen LogP contribution in [-0.2, 0) is 6.54 Å². The number of carboxylic acids is 1. The van der Waals surface area contributed by atoms with Crippen LogP contribution in [-0.4, -0.2) is 22.2 Å². The molecule has 0 saturated carbocycles. The SMILES string of the molecule is O=C(O)c1cn2c3c(cccc13)OCC2. The van der Waals surface area contributed by atoms with E-state index in [2.05, 4.69) is 0 Å². The van der Waals surface area contributed by atoms with Gasteiger partial charge < -0.3 is 14.4 Å². The number of carbonyl (C=O) groups is 1. The first kappa shape index (κ1) is 8.35. The Hall–Kier alpha value is -1.97. The Labute approximate surface area is 85.7 Å². The van der Waals surface area contributed by atoms with Crippen molar-refractivity contribution >= 4 is 16.9 Å². The van der Waals surface area contributed by atoms with E-state index < -0.39 is 5.97 Å². The molecule has 3 rings (SSSR count). The molecule has 76 valence electrons. The molecule has 0 aliphatic carbocycles. The van der Waals surface area contributed by atoms with Gasteiger partial charge in [-0.25, -0.2) is 4.79 Å². The van der Waals surface area contributed by atoms with Crippen molar-refractivity contribution in [3.05, 3.63) is 30.0 Å². The molecule has 1 aromatic carbocycles. The molecule has 2 aromatic rings.